The fraction of sp³-hybridized carbons (Fsp3) is 0.286. The molecular formula is C7H6ClF2NO. The molecule has 0 aliphatic heterocycles. The molecule has 5 heteroatoms. The van der Waals surface area contributed by atoms with Gasteiger partial charge in [0.05, 0.1) is 12.1 Å². The Bertz CT molecular complexity index is 280. The summed E-state index contributed by atoms with van der Waals surface area (Å²) >= 11 is 5.45. The minimum absolute atomic E-state index is 0.0502. The molecule has 1 aromatic rings. The maximum atomic E-state index is 12.1. The van der Waals surface area contributed by atoms with E-state index in [1.165, 1.54) is 19.2 Å². The van der Waals surface area contributed by atoms with E-state index < -0.39 is 12.1 Å². The van der Waals surface area contributed by atoms with E-state index in [0.717, 1.165) is 0 Å². The molecule has 0 aromatic carbocycles. The molecule has 0 bridgehead atoms. The number of pyridine rings is 1. The van der Waals surface area contributed by atoms with Gasteiger partial charge in [-0.3, -0.25) is 0 Å². The van der Waals surface area contributed by atoms with Crippen molar-refractivity contribution in [2.45, 2.75) is 6.43 Å². The summed E-state index contributed by atoms with van der Waals surface area (Å²) in [6.07, 6.45) is -2.67. The van der Waals surface area contributed by atoms with Gasteiger partial charge < -0.3 is 4.74 Å². The van der Waals surface area contributed by atoms with Crippen molar-refractivity contribution in [2.24, 2.45) is 0 Å². The number of nitrogens with zero attached hydrogens (tertiary/aromatic N) is 1. The Hall–Kier alpha value is -0.900. The first-order valence-electron chi connectivity index (χ1n) is 3.13. The monoisotopic (exact) mass is 193 g/mol. The van der Waals surface area contributed by atoms with Crippen molar-refractivity contribution in [3.63, 3.8) is 0 Å². The van der Waals surface area contributed by atoms with Crippen molar-refractivity contribution in [3.8, 4) is 5.88 Å². The molecule has 0 atom stereocenters. The second-order valence-corrected chi connectivity index (χ2v) is 2.43. The molecule has 0 N–H and O–H groups in total. The van der Waals surface area contributed by atoms with Crippen LogP contribution in [0.1, 0.15) is 12.1 Å². The summed E-state index contributed by atoms with van der Waals surface area (Å²) in [5.41, 5.74) is -0.448. The molecule has 0 saturated carbocycles. The van der Waals surface area contributed by atoms with Crippen LogP contribution in [0.2, 0.25) is 5.02 Å². The third kappa shape index (κ3) is 1.82. The van der Waals surface area contributed by atoms with E-state index in [4.69, 9.17) is 11.6 Å². The summed E-state index contributed by atoms with van der Waals surface area (Å²) < 4.78 is 28.9. The molecule has 0 radical (unpaired) electrons. The zero-order valence-corrected chi connectivity index (χ0v) is 6.98. The van der Waals surface area contributed by atoms with Crippen molar-refractivity contribution in [3.05, 3.63) is 22.8 Å². The second kappa shape index (κ2) is 3.67. The molecule has 0 amide bonds. The van der Waals surface area contributed by atoms with Gasteiger partial charge in [-0.25, -0.2) is 13.8 Å². The highest BCUT2D eigenvalue weighted by Gasteiger charge is 2.14. The van der Waals surface area contributed by atoms with Gasteiger partial charge in [0.15, 0.2) is 0 Å². The van der Waals surface area contributed by atoms with E-state index in [2.05, 4.69) is 9.72 Å². The number of alkyl halides is 2. The number of rotatable bonds is 2. The van der Waals surface area contributed by atoms with Crippen LogP contribution in [-0.4, -0.2) is 12.1 Å². The lowest BCUT2D eigenvalue weighted by Gasteiger charge is -2.03. The Morgan fingerprint density at radius 2 is 2.17 bits per heavy atom. The standard InChI is InChI=1S/C7H6ClF2NO/c1-12-5-3-2-4(8)6(11-5)7(9)10/h2-3,7H,1H3. The minimum Gasteiger partial charge on any atom is -0.481 e. The number of hydrogen-bond acceptors (Lipinski definition) is 2. The highest BCUT2D eigenvalue weighted by molar-refractivity contribution is 6.31. The Balaban J connectivity index is 3.08. The number of aromatic nitrogens is 1. The SMILES string of the molecule is COc1ccc(Cl)c(C(F)F)n1. The highest BCUT2D eigenvalue weighted by atomic mass is 35.5. The lowest BCUT2D eigenvalue weighted by molar-refractivity contribution is 0.145. The zero-order valence-electron chi connectivity index (χ0n) is 6.22. The Morgan fingerprint density at radius 3 is 2.67 bits per heavy atom. The predicted octanol–water partition coefficient (Wildman–Crippen LogP) is 2.68. The first kappa shape index (κ1) is 9.19. The minimum atomic E-state index is -2.67. The summed E-state index contributed by atoms with van der Waals surface area (Å²) in [6, 6.07) is 2.75. The van der Waals surface area contributed by atoms with E-state index in [-0.39, 0.29) is 10.9 Å². The topological polar surface area (TPSA) is 22.1 Å². The van der Waals surface area contributed by atoms with Crippen molar-refractivity contribution in [1.82, 2.24) is 4.98 Å². The maximum Gasteiger partial charge on any atom is 0.281 e. The van der Waals surface area contributed by atoms with Crippen molar-refractivity contribution in [2.75, 3.05) is 7.11 Å². The molecule has 12 heavy (non-hydrogen) atoms. The number of methoxy groups -OCH3 is 1. The van der Waals surface area contributed by atoms with Crippen molar-refractivity contribution < 1.29 is 13.5 Å². The molecule has 1 heterocycles. The van der Waals surface area contributed by atoms with E-state index in [1.54, 1.807) is 0 Å². The summed E-state index contributed by atoms with van der Waals surface area (Å²) in [6.45, 7) is 0. The van der Waals surface area contributed by atoms with Gasteiger partial charge in [0.25, 0.3) is 6.43 Å². The quantitative estimate of drug-likeness (QED) is 0.721. The first-order chi connectivity index (χ1) is 5.65. The van der Waals surface area contributed by atoms with E-state index in [0.29, 0.717) is 0 Å². The maximum absolute atomic E-state index is 12.1. The van der Waals surface area contributed by atoms with Gasteiger partial charge >= 0.3 is 0 Å². The lowest BCUT2D eigenvalue weighted by Crippen LogP contribution is -1.94. The fourth-order valence-electron chi connectivity index (χ4n) is 0.706. The van der Waals surface area contributed by atoms with E-state index in [1.807, 2.05) is 0 Å². The van der Waals surface area contributed by atoms with Gasteiger partial charge in [0.1, 0.15) is 5.69 Å². The number of ether oxygens (including phenoxy) is 1. The van der Waals surface area contributed by atoms with E-state index in [9.17, 15) is 8.78 Å². The summed E-state index contributed by atoms with van der Waals surface area (Å²) in [5, 5.41) is -0.0502. The van der Waals surface area contributed by atoms with Gasteiger partial charge in [-0.1, -0.05) is 11.6 Å². The van der Waals surface area contributed by atoms with Crippen molar-refractivity contribution in [1.29, 1.82) is 0 Å². The van der Waals surface area contributed by atoms with Crippen molar-refractivity contribution >= 4 is 11.6 Å². The van der Waals surface area contributed by atoms with Crippen LogP contribution in [0.3, 0.4) is 0 Å². The Labute approximate surface area is 73.1 Å². The molecule has 0 aliphatic rings. The Kier molecular flexibility index (Phi) is 2.81. The fourth-order valence-corrected chi connectivity index (χ4v) is 0.894. The number of halogens is 3. The molecule has 0 fully saturated rings. The summed E-state index contributed by atoms with van der Waals surface area (Å²) in [5.74, 6) is 0.134. The lowest BCUT2D eigenvalue weighted by atomic mass is 10.3. The zero-order chi connectivity index (χ0) is 9.14. The molecule has 0 unspecified atom stereocenters. The molecule has 2 nitrogen and oxygen atoms in total. The molecule has 0 spiro atoms. The van der Waals surface area contributed by atoms with Gasteiger partial charge in [-0.05, 0) is 6.07 Å². The van der Waals surface area contributed by atoms with Crippen LogP contribution in [0.25, 0.3) is 0 Å². The van der Waals surface area contributed by atoms with Gasteiger partial charge in [0, 0.05) is 6.07 Å². The van der Waals surface area contributed by atoms with Crippen LogP contribution in [0.15, 0.2) is 12.1 Å². The molecule has 1 aromatic heterocycles. The van der Waals surface area contributed by atoms with Gasteiger partial charge in [-0.15, -0.1) is 0 Å². The van der Waals surface area contributed by atoms with Crippen LogP contribution < -0.4 is 4.74 Å². The molecule has 0 aliphatic carbocycles. The molecular weight excluding hydrogens is 188 g/mol. The average molecular weight is 194 g/mol. The number of hydrogen-bond donors (Lipinski definition) is 0. The Morgan fingerprint density at radius 1 is 1.50 bits per heavy atom. The third-order valence-corrected chi connectivity index (χ3v) is 1.58. The second-order valence-electron chi connectivity index (χ2n) is 2.02. The van der Waals surface area contributed by atoms with Gasteiger partial charge in [0.2, 0.25) is 5.88 Å². The normalized spacial score (nSPS) is 10.4. The van der Waals surface area contributed by atoms with Crippen LogP contribution in [0, 0.1) is 0 Å². The smallest absolute Gasteiger partial charge is 0.281 e. The first-order valence-corrected chi connectivity index (χ1v) is 3.51. The van der Waals surface area contributed by atoms with Crippen LogP contribution in [0.5, 0.6) is 5.88 Å². The molecule has 0 saturated heterocycles. The highest BCUT2D eigenvalue weighted by Crippen LogP contribution is 2.26. The van der Waals surface area contributed by atoms with Crippen LogP contribution >= 0.6 is 11.6 Å². The molecule has 1 rings (SSSR count). The largest absolute Gasteiger partial charge is 0.481 e. The van der Waals surface area contributed by atoms with E-state index >= 15 is 0 Å². The molecule has 66 valence electrons. The van der Waals surface area contributed by atoms with Gasteiger partial charge in [-0.2, -0.15) is 0 Å². The predicted molar refractivity (Wildman–Crippen MR) is 40.8 cm³/mol. The summed E-state index contributed by atoms with van der Waals surface area (Å²) in [4.78, 5) is 3.49. The van der Waals surface area contributed by atoms with Crippen LogP contribution in [-0.2, 0) is 0 Å². The third-order valence-electron chi connectivity index (χ3n) is 1.26. The van der Waals surface area contributed by atoms with Crippen LogP contribution in [0.4, 0.5) is 8.78 Å². The summed E-state index contributed by atoms with van der Waals surface area (Å²) in [7, 11) is 1.35. The average Bonchev–Trinajstić information content (AvgIpc) is 2.05.